The highest BCUT2D eigenvalue weighted by Crippen LogP contribution is 2.53. The Labute approximate surface area is 339 Å². The van der Waals surface area contributed by atoms with Crippen LogP contribution in [0, 0.1) is 0 Å². The highest BCUT2D eigenvalue weighted by Gasteiger charge is 2.37. The van der Waals surface area contributed by atoms with Gasteiger partial charge in [-0.15, -0.1) is 0 Å². The molecular weight excluding hydrogens is 705 g/mol. The van der Waals surface area contributed by atoms with Gasteiger partial charge in [0.05, 0.1) is 17.1 Å². The van der Waals surface area contributed by atoms with Crippen LogP contribution in [-0.4, -0.2) is 15.0 Å². The maximum absolute atomic E-state index is 5.31. The summed E-state index contributed by atoms with van der Waals surface area (Å²) in [5, 5.41) is 0. The van der Waals surface area contributed by atoms with Crippen molar-refractivity contribution in [2.45, 2.75) is 19.3 Å². The fraction of sp³-hybridized carbons (Fsp3) is 0.0556. The van der Waals surface area contributed by atoms with Gasteiger partial charge in [-0.3, -0.25) is 0 Å². The van der Waals surface area contributed by atoms with Crippen molar-refractivity contribution in [2.75, 3.05) is 4.90 Å². The number of nitrogens with zero attached hydrogens (tertiary/aromatic N) is 4. The molecule has 10 rings (SSSR count). The van der Waals surface area contributed by atoms with E-state index in [0.717, 1.165) is 56.0 Å². The zero-order valence-corrected chi connectivity index (χ0v) is 32.4. The van der Waals surface area contributed by atoms with Crippen LogP contribution in [0.1, 0.15) is 25.0 Å². The van der Waals surface area contributed by atoms with Gasteiger partial charge in [-0.1, -0.05) is 178 Å². The Kier molecular flexibility index (Phi) is 8.80. The first kappa shape index (κ1) is 35.0. The molecule has 9 aromatic rings. The first-order valence-corrected chi connectivity index (χ1v) is 19.8. The Morgan fingerprint density at radius 1 is 0.310 bits per heavy atom. The van der Waals surface area contributed by atoms with E-state index in [9.17, 15) is 0 Å². The zero-order chi connectivity index (χ0) is 39.1. The van der Waals surface area contributed by atoms with E-state index in [1.54, 1.807) is 0 Å². The lowest BCUT2D eigenvalue weighted by molar-refractivity contribution is 0.632. The molecule has 0 saturated carbocycles. The van der Waals surface area contributed by atoms with Crippen LogP contribution in [0.15, 0.2) is 206 Å². The molecule has 0 unspecified atom stereocenters. The molecule has 0 atom stereocenters. The topological polar surface area (TPSA) is 41.9 Å². The summed E-state index contributed by atoms with van der Waals surface area (Å²) in [6, 6.07) is 72.8. The summed E-state index contributed by atoms with van der Waals surface area (Å²) in [6.07, 6.45) is 0. The van der Waals surface area contributed by atoms with Crippen LogP contribution in [0.5, 0.6) is 0 Å². The number of para-hydroxylation sites is 2. The number of fused-ring (bicyclic) bond motifs is 2. The smallest absolute Gasteiger partial charge is 0.166 e. The van der Waals surface area contributed by atoms with Crippen molar-refractivity contribution in [3.63, 3.8) is 0 Å². The SMILES string of the molecule is CC1(C)c2ccccc2N(c2ccc(-c3cc(-c4ccccc4)cc(-c4ccccc4)c3)cc2-c2nc(-c3ccccc3)nc(-c3ccccc3)n2)c2ccccc21. The second-order valence-corrected chi connectivity index (χ2v) is 15.3. The molecule has 0 saturated heterocycles. The quantitative estimate of drug-likeness (QED) is 0.163. The van der Waals surface area contributed by atoms with E-state index in [1.807, 2.05) is 36.4 Å². The van der Waals surface area contributed by atoms with Crippen LogP contribution in [-0.2, 0) is 5.41 Å². The molecule has 4 nitrogen and oxygen atoms in total. The number of hydrogen-bond donors (Lipinski definition) is 0. The molecule has 8 aromatic carbocycles. The molecule has 4 heteroatoms. The first-order valence-electron chi connectivity index (χ1n) is 19.8. The van der Waals surface area contributed by atoms with Crippen LogP contribution in [0.3, 0.4) is 0 Å². The van der Waals surface area contributed by atoms with Crippen molar-refractivity contribution in [3.8, 4) is 67.5 Å². The summed E-state index contributed by atoms with van der Waals surface area (Å²) in [5.74, 6) is 1.85. The zero-order valence-electron chi connectivity index (χ0n) is 32.4. The van der Waals surface area contributed by atoms with Crippen molar-refractivity contribution in [3.05, 3.63) is 217 Å². The summed E-state index contributed by atoms with van der Waals surface area (Å²) in [7, 11) is 0. The first-order chi connectivity index (χ1) is 28.5. The van der Waals surface area contributed by atoms with Crippen LogP contribution < -0.4 is 4.90 Å². The Morgan fingerprint density at radius 3 is 1.16 bits per heavy atom. The lowest BCUT2D eigenvalue weighted by atomic mass is 9.73. The summed E-state index contributed by atoms with van der Waals surface area (Å²) in [6.45, 7) is 4.64. The molecular formula is C54H40N4. The molecule has 0 bridgehead atoms. The Bertz CT molecular complexity index is 2740. The van der Waals surface area contributed by atoms with E-state index in [-0.39, 0.29) is 5.41 Å². The Hall–Kier alpha value is -7.43. The lowest BCUT2D eigenvalue weighted by Crippen LogP contribution is -2.30. The van der Waals surface area contributed by atoms with Gasteiger partial charge < -0.3 is 4.90 Å². The summed E-state index contributed by atoms with van der Waals surface area (Å²) in [4.78, 5) is 18.1. The van der Waals surface area contributed by atoms with Gasteiger partial charge in [0.25, 0.3) is 0 Å². The largest absolute Gasteiger partial charge is 0.309 e. The van der Waals surface area contributed by atoms with E-state index in [2.05, 4.69) is 189 Å². The lowest BCUT2D eigenvalue weighted by Gasteiger charge is -2.42. The molecule has 2 heterocycles. The number of rotatable bonds is 7. The maximum Gasteiger partial charge on any atom is 0.166 e. The van der Waals surface area contributed by atoms with E-state index in [1.165, 1.54) is 22.3 Å². The third-order valence-corrected chi connectivity index (χ3v) is 11.3. The second kappa shape index (κ2) is 14.6. The van der Waals surface area contributed by atoms with E-state index in [0.29, 0.717) is 17.5 Å². The fourth-order valence-electron chi connectivity index (χ4n) is 8.34. The Morgan fingerprint density at radius 2 is 0.690 bits per heavy atom. The van der Waals surface area contributed by atoms with Gasteiger partial charge in [-0.2, -0.15) is 0 Å². The van der Waals surface area contributed by atoms with Crippen LogP contribution in [0.4, 0.5) is 17.1 Å². The van der Waals surface area contributed by atoms with E-state index >= 15 is 0 Å². The van der Waals surface area contributed by atoms with Crippen molar-refractivity contribution < 1.29 is 0 Å². The van der Waals surface area contributed by atoms with Gasteiger partial charge in [0.1, 0.15) is 0 Å². The minimum Gasteiger partial charge on any atom is -0.309 e. The molecule has 0 spiro atoms. The van der Waals surface area contributed by atoms with Gasteiger partial charge in [-0.05, 0) is 87.0 Å². The average molecular weight is 745 g/mol. The van der Waals surface area contributed by atoms with Crippen molar-refractivity contribution >= 4 is 17.1 Å². The van der Waals surface area contributed by atoms with E-state index in [4.69, 9.17) is 15.0 Å². The normalized spacial score (nSPS) is 12.8. The maximum atomic E-state index is 5.31. The van der Waals surface area contributed by atoms with Gasteiger partial charge in [-0.25, -0.2) is 15.0 Å². The van der Waals surface area contributed by atoms with Crippen molar-refractivity contribution in [2.24, 2.45) is 0 Å². The molecule has 0 fully saturated rings. The number of aromatic nitrogens is 3. The van der Waals surface area contributed by atoms with Gasteiger partial charge in [0, 0.05) is 22.1 Å². The van der Waals surface area contributed by atoms with Crippen LogP contribution in [0.2, 0.25) is 0 Å². The molecule has 0 N–H and O–H groups in total. The number of anilines is 3. The summed E-state index contributed by atoms with van der Waals surface area (Å²) >= 11 is 0. The third-order valence-electron chi connectivity index (χ3n) is 11.3. The van der Waals surface area contributed by atoms with Crippen molar-refractivity contribution in [1.82, 2.24) is 15.0 Å². The highest BCUT2D eigenvalue weighted by molar-refractivity contribution is 5.94. The van der Waals surface area contributed by atoms with Gasteiger partial charge >= 0.3 is 0 Å². The predicted octanol–water partition coefficient (Wildman–Crippen LogP) is 14.0. The number of hydrogen-bond acceptors (Lipinski definition) is 4. The molecule has 1 aliphatic rings. The summed E-state index contributed by atoms with van der Waals surface area (Å²) < 4.78 is 0. The fourth-order valence-corrected chi connectivity index (χ4v) is 8.34. The van der Waals surface area contributed by atoms with Crippen molar-refractivity contribution in [1.29, 1.82) is 0 Å². The third kappa shape index (κ3) is 6.35. The molecule has 58 heavy (non-hydrogen) atoms. The molecule has 0 amide bonds. The highest BCUT2D eigenvalue weighted by atomic mass is 15.2. The monoisotopic (exact) mass is 744 g/mol. The van der Waals surface area contributed by atoms with E-state index < -0.39 is 0 Å². The van der Waals surface area contributed by atoms with Crippen LogP contribution >= 0.6 is 0 Å². The molecule has 0 radical (unpaired) electrons. The van der Waals surface area contributed by atoms with Gasteiger partial charge in [0.2, 0.25) is 0 Å². The second-order valence-electron chi connectivity index (χ2n) is 15.3. The minimum atomic E-state index is -0.205. The Balaban J connectivity index is 1.26. The molecule has 1 aromatic heterocycles. The molecule has 1 aliphatic heterocycles. The average Bonchev–Trinajstić information content (AvgIpc) is 3.30. The standard InChI is InChI=1S/C54H40N4/c1-54(2)46-27-15-17-29-49(46)58(50-30-18-16-28-47(50)54)48-32-31-41(44-34-42(37-19-7-3-8-20-37)33-43(35-44)38-21-9-4-10-22-38)36-45(48)53-56-51(39-23-11-5-12-24-39)55-52(57-53)40-25-13-6-14-26-40/h3-36H,1-2H3. The molecule has 276 valence electrons. The minimum absolute atomic E-state index is 0.205. The molecule has 0 aliphatic carbocycles. The van der Waals surface area contributed by atoms with Crippen LogP contribution in [0.25, 0.3) is 67.5 Å². The predicted molar refractivity (Wildman–Crippen MR) is 239 cm³/mol. The number of benzene rings is 8. The summed E-state index contributed by atoms with van der Waals surface area (Å²) in [5.41, 5.74) is 15.2. The van der Waals surface area contributed by atoms with Gasteiger partial charge in [0.15, 0.2) is 17.5 Å².